The number of aromatic amines is 1. The van der Waals surface area contributed by atoms with E-state index < -0.39 is 5.91 Å². The molecule has 9 heteroatoms. The summed E-state index contributed by atoms with van der Waals surface area (Å²) in [5, 5.41) is 9.68. The number of anilines is 1. The Morgan fingerprint density at radius 3 is 2.62 bits per heavy atom. The molecule has 3 aromatic rings. The zero-order valence-electron chi connectivity index (χ0n) is 12.4. The fourth-order valence-corrected chi connectivity index (χ4v) is 2.64. The number of hydrogen-bond donors (Lipinski definition) is 2. The number of rotatable bonds is 4. The highest BCUT2D eigenvalue weighted by atomic mass is 35.5. The lowest BCUT2D eigenvalue weighted by atomic mass is 10.2. The maximum atomic E-state index is 12.3. The highest BCUT2D eigenvalue weighted by Gasteiger charge is 2.15. The van der Waals surface area contributed by atoms with E-state index in [1.54, 1.807) is 18.3 Å². The molecule has 0 saturated heterocycles. The molecule has 0 unspecified atom stereocenters. The van der Waals surface area contributed by atoms with Crippen molar-refractivity contribution in [2.24, 2.45) is 0 Å². The minimum absolute atomic E-state index is 0.115. The minimum Gasteiger partial charge on any atom is -0.494 e. The van der Waals surface area contributed by atoms with Gasteiger partial charge in [-0.05, 0) is 24.3 Å². The number of carbonyl (C=O) groups excluding carboxylic acids is 1. The predicted molar refractivity (Wildman–Crippen MR) is 90.6 cm³/mol. The molecular formula is C15H11Cl2N5O2. The smallest absolute Gasteiger partial charge is 0.258 e. The van der Waals surface area contributed by atoms with Crippen molar-refractivity contribution in [3.8, 4) is 17.3 Å². The standard InChI is InChI=1S/C15H11Cl2N5O2/c1-24-12-9(16)6-8(7-10(12)17)14(23)20-15-19-13(21-22-15)11-4-2-3-5-18-11/h2-7H,1H3,(H2,19,20,21,22,23). The van der Waals surface area contributed by atoms with Crippen LogP contribution in [0.2, 0.25) is 10.0 Å². The van der Waals surface area contributed by atoms with Gasteiger partial charge >= 0.3 is 0 Å². The van der Waals surface area contributed by atoms with Crippen molar-refractivity contribution in [2.75, 3.05) is 12.4 Å². The highest BCUT2D eigenvalue weighted by molar-refractivity contribution is 6.37. The SMILES string of the molecule is COc1c(Cl)cc(C(=O)Nc2n[nH]c(-c3ccccn3)n2)cc1Cl. The fraction of sp³-hybridized carbons (Fsp3) is 0.0667. The number of ether oxygens (including phenoxy) is 1. The summed E-state index contributed by atoms with van der Waals surface area (Å²) < 4.78 is 5.05. The molecule has 0 atom stereocenters. The second kappa shape index (κ2) is 6.86. The summed E-state index contributed by atoms with van der Waals surface area (Å²) in [5.41, 5.74) is 0.871. The summed E-state index contributed by atoms with van der Waals surface area (Å²) in [4.78, 5) is 20.6. The van der Waals surface area contributed by atoms with Gasteiger partial charge < -0.3 is 4.74 Å². The molecule has 1 aromatic carbocycles. The van der Waals surface area contributed by atoms with E-state index in [0.29, 0.717) is 17.3 Å². The first-order valence-corrected chi connectivity index (χ1v) is 7.52. The lowest BCUT2D eigenvalue weighted by Gasteiger charge is -2.08. The van der Waals surface area contributed by atoms with Crippen LogP contribution in [-0.2, 0) is 0 Å². The molecule has 2 N–H and O–H groups in total. The van der Waals surface area contributed by atoms with Gasteiger partial charge in [0.15, 0.2) is 11.6 Å². The lowest BCUT2D eigenvalue weighted by Crippen LogP contribution is -2.13. The normalized spacial score (nSPS) is 10.5. The number of halogens is 2. The van der Waals surface area contributed by atoms with Crippen molar-refractivity contribution in [1.82, 2.24) is 20.2 Å². The molecule has 24 heavy (non-hydrogen) atoms. The molecule has 7 nitrogen and oxygen atoms in total. The van der Waals surface area contributed by atoms with Crippen molar-refractivity contribution in [1.29, 1.82) is 0 Å². The number of carbonyl (C=O) groups is 1. The summed E-state index contributed by atoms with van der Waals surface area (Å²) in [5.74, 6) is 0.415. The Bertz CT molecular complexity index is 860. The van der Waals surface area contributed by atoms with Crippen LogP contribution in [0, 0.1) is 0 Å². The van der Waals surface area contributed by atoms with Gasteiger partial charge in [0, 0.05) is 11.8 Å². The van der Waals surface area contributed by atoms with Gasteiger partial charge in [-0.15, -0.1) is 5.10 Å². The van der Waals surface area contributed by atoms with Crippen LogP contribution in [0.1, 0.15) is 10.4 Å². The van der Waals surface area contributed by atoms with Crippen LogP contribution in [0.15, 0.2) is 36.5 Å². The average Bonchev–Trinajstić information content (AvgIpc) is 3.04. The number of H-pyrrole nitrogens is 1. The summed E-state index contributed by atoms with van der Waals surface area (Å²) in [7, 11) is 1.44. The molecule has 0 spiro atoms. The van der Waals surface area contributed by atoms with Crippen LogP contribution >= 0.6 is 23.2 Å². The summed E-state index contributed by atoms with van der Waals surface area (Å²) >= 11 is 12.1. The van der Waals surface area contributed by atoms with Gasteiger partial charge in [0.25, 0.3) is 5.91 Å². The molecule has 0 saturated carbocycles. The molecule has 0 aliphatic carbocycles. The Morgan fingerprint density at radius 1 is 1.25 bits per heavy atom. The van der Waals surface area contributed by atoms with E-state index in [0.717, 1.165) is 0 Å². The Hall–Kier alpha value is -2.64. The van der Waals surface area contributed by atoms with Crippen molar-refractivity contribution < 1.29 is 9.53 Å². The van der Waals surface area contributed by atoms with Crippen molar-refractivity contribution >= 4 is 35.1 Å². The number of nitrogens with zero attached hydrogens (tertiary/aromatic N) is 3. The third-order valence-corrected chi connectivity index (χ3v) is 3.64. The second-order valence-electron chi connectivity index (χ2n) is 4.65. The Labute approximate surface area is 147 Å². The number of nitrogens with one attached hydrogen (secondary N) is 2. The first-order valence-electron chi connectivity index (χ1n) is 6.76. The minimum atomic E-state index is -0.451. The van der Waals surface area contributed by atoms with E-state index in [9.17, 15) is 4.79 Å². The van der Waals surface area contributed by atoms with E-state index >= 15 is 0 Å². The first-order chi connectivity index (χ1) is 11.6. The molecule has 0 radical (unpaired) electrons. The number of amides is 1. The van der Waals surface area contributed by atoms with Gasteiger partial charge in [0.1, 0.15) is 5.69 Å². The Balaban J connectivity index is 1.80. The molecule has 2 heterocycles. The van der Waals surface area contributed by atoms with Crippen LogP contribution in [0.3, 0.4) is 0 Å². The fourth-order valence-electron chi connectivity index (χ4n) is 1.99. The summed E-state index contributed by atoms with van der Waals surface area (Å²) in [6.45, 7) is 0. The number of benzene rings is 1. The molecular weight excluding hydrogens is 353 g/mol. The van der Waals surface area contributed by atoms with Crippen LogP contribution < -0.4 is 10.1 Å². The molecule has 0 aliphatic heterocycles. The molecule has 0 aliphatic rings. The molecule has 0 fully saturated rings. The maximum Gasteiger partial charge on any atom is 0.258 e. The zero-order chi connectivity index (χ0) is 17.1. The van der Waals surface area contributed by atoms with Gasteiger partial charge in [-0.1, -0.05) is 29.3 Å². The second-order valence-corrected chi connectivity index (χ2v) is 5.46. The number of aromatic nitrogens is 4. The Kier molecular flexibility index (Phi) is 4.64. The number of methoxy groups -OCH3 is 1. The van der Waals surface area contributed by atoms with Crippen LogP contribution in [0.25, 0.3) is 11.5 Å². The van der Waals surface area contributed by atoms with E-state index in [4.69, 9.17) is 27.9 Å². The quantitative estimate of drug-likeness (QED) is 0.740. The number of hydrogen-bond acceptors (Lipinski definition) is 5. The lowest BCUT2D eigenvalue weighted by molar-refractivity contribution is 0.102. The van der Waals surface area contributed by atoms with E-state index in [1.807, 2.05) is 6.07 Å². The maximum absolute atomic E-state index is 12.3. The topological polar surface area (TPSA) is 92.8 Å². The monoisotopic (exact) mass is 363 g/mol. The van der Waals surface area contributed by atoms with Crippen molar-refractivity contribution in [3.63, 3.8) is 0 Å². The van der Waals surface area contributed by atoms with E-state index in [-0.39, 0.29) is 21.6 Å². The van der Waals surface area contributed by atoms with Crippen LogP contribution in [-0.4, -0.2) is 33.2 Å². The Morgan fingerprint density at radius 2 is 2.00 bits per heavy atom. The van der Waals surface area contributed by atoms with Gasteiger partial charge in [-0.2, -0.15) is 4.98 Å². The van der Waals surface area contributed by atoms with Crippen LogP contribution in [0.4, 0.5) is 5.95 Å². The molecule has 1 amide bonds. The van der Waals surface area contributed by atoms with Gasteiger partial charge in [-0.3, -0.25) is 20.2 Å². The van der Waals surface area contributed by atoms with Gasteiger partial charge in [0.05, 0.1) is 17.2 Å². The third-order valence-electron chi connectivity index (χ3n) is 3.08. The van der Waals surface area contributed by atoms with Crippen LogP contribution in [0.5, 0.6) is 5.75 Å². The molecule has 3 rings (SSSR count). The van der Waals surface area contributed by atoms with Crippen molar-refractivity contribution in [2.45, 2.75) is 0 Å². The number of pyridine rings is 1. The third kappa shape index (κ3) is 3.32. The molecule has 0 bridgehead atoms. The predicted octanol–water partition coefficient (Wildman–Crippen LogP) is 3.43. The van der Waals surface area contributed by atoms with Gasteiger partial charge in [0.2, 0.25) is 5.95 Å². The summed E-state index contributed by atoms with van der Waals surface area (Å²) in [6, 6.07) is 8.29. The highest BCUT2D eigenvalue weighted by Crippen LogP contribution is 2.33. The zero-order valence-corrected chi connectivity index (χ0v) is 13.9. The first kappa shape index (κ1) is 16.2. The van der Waals surface area contributed by atoms with Crippen molar-refractivity contribution in [3.05, 3.63) is 52.1 Å². The van der Waals surface area contributed by atoms with E-state index in [1.165, 1.54) is 19.2 Å². The largest absolute Gasteiger partial charge is 0.494 e. The summed E-state index contributed by atoms with van der Waals surface area (Å²) in [6.07, 6.45) is 1.64. The average molecular weight is 364 g/mol. The van der Waals surface area contributed by atoms with E-state index in [2.05, 4.69) is 25.5 Å². The van der Waals surface area contributed by atoms with Gasteiger partial charge in [-0.25, -0.2) is 0 Å². The molecule has 2 aromatic heterocycles. The molecule has 122 valence electrons.